The fourth-order valence-corrected chi connectivity index (χ4v) is 3.44. The molecular formula is C17H36N2. The van der Waals surface area contributed by atoms with Crippen molar-refractivity contribution in [1.82, 2.24) is 10.2 Å². The van der Waals surface area contributed by atoms with Gasteiger partial charge in [-0.15, -0.1) is 0 Å². The molecule has 0 aromatic rings. The van der Waals surface area contributed by atoms with Gasteiger partial charge in [0.05, 0.1) is 0 Å². The van der Waals surface area contributed by atoms with Crippen LogP contribution in [0.25, 0.3) is 0 Å². The normalized spacial score (nSPS) is 20.4. The molecule has 114 valence electrons. The summed E-state index contributed by atoms with van der Waals surface area (Å²) in [5, 5.41) is 3.71. The van der Waals surface area contributed by atoms with E-state index in [1.807, 2.05) is 0 Å². The second-order valence-corrected chi connectivity index (χ2v) is 7.44. The van der Waals surface area contributed by atoms with Crippen LogP contribution in [0.1, 0.15) is 59.8 Å². The van der Waals surface area contributed by atoms with Crippen molar-refractivity contribution in [1.29, 1.82) is 0 Å². The van der Waals surface area contributed by atoms with Crippen molar-refractivity contribution >= 4 is 0 Å². The molecular weight excluding hydrogens is 232 g/mol. The van der Waals surface area contributed by atoms with Crippen molar-refractivity contribution in [3.05, 3.63) is 0 Å². The maximum absolute atomic E-state index is 3.71. The van der Waals surface area contributed by atoms with Gasteiger partial charge in [0.2, 0.25) is 0 Å². The molecule has 1 saturated carbocycles. The van der Waals surface area contributed by atoms with Crippen LogP contribution in [-0.2, 0) is 0 Å². The molecule has 0 saturated heterocycles. The minimum absolute atomic E-state index is 0.553. The minimum atomic E-state index is 0.553. The molecule has 0 aromatic carbocycles. The Morgan fingerprint density at radius 1 is 1.16 bits per heavy atom. The van der Waals surface area contributed by atoms with E-state index in [9.17, 15) is 0 Å². The van der Waals surface area contributed by atoms with Crippen molar-refractivity contribution < 1.29 is 0 Å². The Morgan fingerprint density at radius 2 is 1.79 bits per heavy atom. The van der Waals surface area contributed by atoms with E-state index in [4.69, 9.17) is 0 Å². The van der Waals surface area contributed by atoms with Crippen molar-refractivity contribution in [2.75, 3.05) is 33.2 Å². The Kier molecular flexibility index (Phi) is 7.38. The van der Waals surface area contributed by atoms with Gasteiger partial charge in [0, 0.05) is 19.6 Å². The standard InChI is InChI=1S/C17H36N2/c1-6-16(4)12-19(5)14-17(9-7-8-10-17)13-18-11-15(2)3/h15-16,18H,6-14H2,1-5H3. The molecule has 1 unspecified atom stereocenters. The lowest BCUT2D eigenvalue weighted by atomic mass is 9.85. The topological polar surface area (TPSA) is 15.3 Å². The van der Waals surface area contributed by atoms with Crippen LogP contribution >= 0.6 is 0 Å². The summed E-state index contributed by atoms with van der Waals surface area (Å²) >= 11 is 0. The molecule has 0 radical (unpaired) electrons. The molecule has 0 bridgehead atoms. The molecule has 0 amide bonds. The highest BCUT2D eigenvalue weighted by Gasteiger charge is 2.34. The van der Waals surface area contributed by atoms with Crippen LogP contribution in [-0.4, -0.2) is 38.1 Å². The highest BCUT2D eigenvalue weighted by Crippen LogP contribution is 2.38. The smallest absolute Gasteiger partial charge is 0.00472 e. The Hall–Kier alpha value is -0.0800. The molecule has 1 atom stereocenters. The molecule has 0 aliphatic heterocycles. The summed E-state index contributed by atoms with van der Waals surface area (Å²) in [6.45, 7) is 14.2. The lowest BCUT2D eigenvalue weighted by Crippen LogP contribution is -2.43. The van der Waals surface area contributed by atoms with E-state index in [0.717, 1.165) is 18.4 Å². The predicted octanol–water partition coefficient (Wildman–Crippen LogP) is 3.77. The lowest BCUT2D eigenvalue weighted by Gasteiger charge is -2.35. The van der Waals surface area contributed by atoms with Crippen LogP contribution in [0.3, 0.4) is 0 Å². The first kappa shape index (κ1) is 17.0. The maximum Gasteiger partial charge on any atom is 0.00472 e. The van der Waals surface area contributed by atoms with Gasteiger partial charge >= 0.3 is 0 Å². The van der Waals surface area contributed by atoms with Gasteiger partial charge in [0.15, 0.2) is 0 Å². The number of hydrogen-bond acceptors (Lipinski definition) is 2. The Morgan fingerprint density at radius 3 is 2.32 bits per heavy atom. The van der Waals surface area contributed by atoms with Crippen molar-refractivity contribution in [3.63, 3.8) is 0 Å². The maximum atomic E-state index is 3.71. The number of nitrogens with one attached hydrogen (secondary N) is 1. The highest BCUT2D eigenvalue weighted by atomic mass is 15.1. The van der Waals surface area contributed by atoms with E-state index in [0.29, 0.717) is 5.41 Å². The van der Waals surface area contributed by atoms with Crippen molar-refractivity contribution in [2.24, 2.45) is 17.3 Å². The van der Waals surface area contributed by atoms with Gasteiger partial charge in [-0.3, -0.25) is 0 Å². The summed E-state index contributed by atoms with van der Waals surface area (Å²) in [5.74, 6) is 1.59. The van der Waals surface area contributed by atoms with E-state index in [2.05, 4.69) is 45.0 Å². The summed E-state index contributed by atoms with van der Waals surface area (Å²) in [7, 11) is 2.31. The van der Waals surface area contributed by atoms with E-state index >= 15 is 0 Å². The van der Waals surface area contributed by atoms with Gasteiger partial charge in [-0.1, -0.05) is 47.0 Å². The van der Waals surface area contributed by atoms with Gasteiger partial charge in [-0.05, 0) is 43.7 Å². The number of rotatable bonds is 9. The molecule has 0 heterocycles. The molecule has 1 rings (SSSR count). The summed E-state index contributed by atoms with van der Waals surface area (Å²) < 4.78 is 0. The van der Waals surface area contributed by atoms with Gasteiger partial charge in [-0.2, -0.15) is 0 Å². The van der Waals surface area contributed by atoms with E-state index in [-0.39, 0.29) is 0 Å². The molecule has 1 fully saturated rings. The van der Waals surface area contributed by atoms with Crippen molar-refractivity contribution in [3.8, 4) is 0 Å². The van der Waals surface area contributed by atoms with Crippen LogP contribution in [0.5, 0.6) is 0 Å². The summed E-state index contributed by atoms with van der Waals surface area (Å²) in [4.78, 5) is 2.58. The van der Waals surface area contributed by atoms with Crippen LogP contribution in [0.2, 0.25) is 0 Å². The number of hydrogen-bond donors (Lipinski definition) is 1. The third kappa shape index (κ3) is 6.27. The van der Waals surface area contributed by atoms with E-state index < -0.39 is 0 Å². The summed E-state index contributed by atoms with van der Waals surface area (Å²) in [5.41, 5.74) is 0.553. The Bertz CT molecular complexity index is 231. The molecule has 2 nitrogen and oxygen atoms in total. The highest BCUT2D eigenvalue weighted by molar-refractivity contribution is 4.89. The monoisotopic (exact) mass is 268 g/mol. The third-order valence-corrected chi connectivity index (χ3v) is 4.64. The lowest BCUT2D eigenvalue weighted by molar-refractivity contribution is 0.157. The fraction of sp³-hybridized carbons (Fsp3) is 1.00. The zero-order chi connectivity index (χ0) is 14.3. The fourth-order valence-electron chi connectivity index (χ4n) is 3.44. The van der Waals surface area contributed by atoms with Crippen LogP contribution in [0, 0.1) is 17.3 Å². The average Bonchev–Trinajstić information content (AvgIpc) is 2.76. The molecule has 1 aliphatic carbocycles. The Balaban J connectivity index is 2.42. The van der Waals surface area contributed by atoms with Crippen LogP contribution < -0.4 is 5.32 Å². The molecule has 2 heteroatoms. The minimum Gasteiger partial charge on any atom is -0.316 e. The molecule has 0 spiro atoms. The zero-order valence-electron chi connectivity index (χ0n) is 14.0. The Labute approximate surface area is 121 Å². The van der Waals surface area contributed by atoms with Crippen LogP contribution in [0.15, 0.2) is 0 Å². The molecule has 1 aliphatic rings. The molecule has 1 N–H and O–H groups in total. The average molecular weight is 268 g/mol. The van der Waals surface area contributed by atoms with Gasteiger partial charge < -0.3 is 10.2 Å². The van der Waals surface area contributed by atoms with Crippen molar-refractivity contribution in [2.45, 2.75) is 59.8 Å². The first-order valence-electron chi connectivity index (χ1n) is 8.36. The van der Waals surface area contributed by atoms with Gasteiger partial charge in [-0.25, -0.2) is 0 Å². The second kappa shape index (κ2) is 8.26. The summed E-state index contributed by atoms with van der Waals surface area (Å²) in [6.07, 6.45) is 7.00. The third-order valence-electron chi connectivity index (χ3n) is 4.64. The summed E-state index contributed by atoms with van der Waals surface area (Å²) in [6, 6.07) is 0. The van der Waals surface area contributed by atoms with E-state index in [1.54, 1.807) is 0 Å². The van der Waals surface area contributed by atoms with Gasteiger partial charge in [0.1, 0.15) is 0 Å². The van der Waals surface area contributed by atoms with E-state index in [1.165, 1.54) is 51.7 Å². The van der Waals surface area contributed by atoms with Gasteiger partial charge in [0.25, 0.3) is 0 Å². The second-order valence-electron chi connectivity index (χ2n) is 7.44. The largest absolute Gasteiger partial charge is 0.316 e. The number of nitrogens with zero attached hydrogens (tertiary/aromatic N) is 1. The first-order chi connectivity index (χ1) is 8.97. The van der Waals surface area contributed by atoms with Crippen LogP contribution in [0.4, 0.5) is 0 Å². The zero-order valence-corrected chi connectivity index (χ0v) is 14.0. The first-order valence-corrected chi connectivity index (χ1v) is 8.36. The SMILES string of the molecule is CCC(C)CN(C)CC1(CNCC(C)C)CCCC1. The molecule has 19 heavy (non-hydrogen) atoms. The molecule has 0 aromatic heterocycles. The quantitative estimate of drug-likeness (QED) is 0.685. The predicted molar refractivity (Wildman–Crippen MR) is 85.6 cm³/mol.